The number of hydrogen-bond acceptors (Lipinski definition) is 8. The van der Waals surface area contributed by atoms with E-state index in [0.717, 1.165) is 39.4 Å². The third-order valence-corrected chi connectivity index (χ3v) is 10.6. The molecule has 0 bridgehead atoms. The topological polar surface area (TPSA) is 74.6 Å². The fourth-order valence-electron chi connectivity index (χ4n) is 3.86. The summed E-state index contributed by atoms with van der Waals surface area (Å²) in [6, 6.07) is 14.6. The van der Waals surface area contributed by atoms with Crippen molar-refractivity contribution in [3.63, 3.8) is 0 Å². The van der Waals surface area contributed by atoms with Gasteiger partial charge in [-0.05, 0) is 55.7 Å². The molecule has 2 N–H and O–H groups in total. The van der Waals surface area contributed by atoms with Gasteiger partial charge in [0.15, 0.2) is 11.7 Å². The highest BCUT2D eigenvalue weighted by atomic mass is 33.1. The average molecular weight is 537 g/mol. The molecule has 0 saturated carbocycles. The number of aldehydes is 1. The number of phenols is 2. The van der Waals surface area contributed by atoms with Crippen LogP contribution in [0.15, 0.2) is 79.0 Å². The molecular formula is C27H20O4S4. The summed E-state index contributed by atoms with van der Waals surface area (Å²) < 4.78 is 0.608. The second-order valence-corrected chi connectivity index (χ2v) is 12.5. The van der Waals surface area contributed by atoms with Crippen LogP contribution in [0.1, 0.15) is 32.8 Å². The van der Waals surface area contributed by atoms with Crippen LogP contribution < -0.4 is 5.43 Å². The molecule has 4 nitrogen and oxygen atoms in total. The molecule has 35 heavy (non-hydrogen) atoms. The zero-order valence-electron chi connectivity index (χ0n) is 18.6. The first-order valence-electron chi connectivity index (χ1n) is 10.8. The predicted octanol–water partition coefficient (Wildman–Crippen LogP) is 7.70. The van der Waals surface area contributed by atoms with Crippen molar-refractivity contribution in [2.45, 2.75) is 39.3 Å². The second-order valence-electron chi connectivity index (χ2n) is 8.04. The number of phenolic OH excluding ortho intramolecular Hbond substituents is 2. The maximum Gasteiger partial charge on any atom is 0.195 e. The van der Waals surface area contributed by atoms with Gasteiger partial charge < -0.3 is 10.2 Å². The number of fused-ring (bicyclic) bond motifs is 2. The van der Waals surface area contributed by atoms with E-state index < -0.39 is 0 Å². The summed E-state index contributed by atoms with van der Waals surface area (Å²) in [5, 5.41) is 21.8. The van der Waals surface area contributed by atoms with Gasteiger partial charge in [0, 0.05) is 36.1 Å². The molecule has 3 aromatic carbocycles. The van der Waals surface area contributed by atoms with E-state index in [1.165, 1.54) is 44.7 Å². The summed E-state index contributed by atoms with van der Waals surface area (Å²) >= 11 is 2.83. The van der Waals surface area contributed by atoms with E-state index >= 15 is 0 Å². The quantitative estimate of drug-likeness (QED) is 0.193. The summed E-state index contributed by atoms with van der Waals surface area (Å²) in [6.07, 6.45) is 6.35. The van der Waals surface area contributed by atoms with Gasteiger partial charge in [-0.15, -0.1) is 11.3 Å². The van der Waals surface area contributed by atoms with Gasteiger partial charge in [0.2, 0.25) is 0 Å². The highest BCUT2D eigenvalue weighted by Gasteiger charge is 2.17. The van der Waals surface area contributed by atoms with Crippen molar-refractivity contribution < 1.29 is 15.0 Å². The first kappa shape index (κ1) is 24.1. The minimum atomic E-state index is -0.0640. The molecule has 0 unspecified atom stereocenters. The summed E-state index contributed by atoms with van der Waals surface area (Å²) in [4.78, 5) is 28.8. The van der Waals surface area contributed by atoms with E-state index in [4.69, 9.17) is 0 Å². The zero-order chi connectivity index (χ0) is 24.5. The molecule has 1 aliphatic rings. The number of carbonyl (C=O) groups excluding carboxylic acids is 1. The molecule has 5 rings (SSSR count). The molecule has 1 aromatic heterocycles. The Hall–Kier alpha value is -2.65. The van der Waals surface area contributed by atoms with E-state index in [1.54, 1.807) is 24.3 Å². The van der Waals surface area contributed by atoms with Crippen LogP contribution in [0, 0.1) is 6.92 Å². The van der Waals surface area contributed by atoms with Gasteiger partial charge >= 0.3 is 0 Å². The first-order valence-corrected chi connectivity index (χ1v) is 14.6. The Morgan fingerprint density at radius 2 is 1.74 bits per heavy atom. The molecule has 0 aliphatic heterocycles. The lowest BCUT2D eigenvalue weighted by atomic mass is 10.0. The van der Waals surface area contributed by atoms with Crippen molar-refractivity contribution in [1.82, 2.24) is 0 Å². The monoisotopic (exact) mass is 536 g/mol. The molecule has 1 aliphatic carbocycles. The lowest BCUT2D eigenvalue weighted by Crippen LogP contribution is -2.10. The minimum absolute atomic E-state index is 0.0365. The maximum absolute atomic E-state index is 13.0. The van der Waals surface area contributed by atoms with Crippen LogP contribution in [0.3, 0.4) is 0 Å². The SMILES string of the molecule is Cc1ccccc1Sc1c(O)cc(SSc2cc(O)c3sc4c(c(=O)c3c2)C=CCC4)cc1C=O. The van der Waals surface area contributed by atoms with Crippen molar-refractivity contribution in [3.8, 4) is 11.5 Å². The van der Waals surface area contributed by atoms with E-state index in [0.29, 0.717) is 31.0 Å². The van der Waals surface area contributed by atoms with Crippen LogP contribution in [0.5, 0.6) is 11.5 Å². The standard InChI is InChI=1S/C27H20O4S4/c1-15-6-2-4-8-23(15)32-26-16(14-28)10-17(12-21(26)29)34-35-18-11-20-25(31)19-7-3-5-9-24(19)33-27(20)22(30)13-18/h2-4,6-8,10-14,29-30H,5,9H2,1H3. The summed E-state index contributed by atoms with van der Waals surface area (Å²) in [5.41, 5.74) is 2.12. The Labute approximate surface area is 218 Å². The zero-order valence-corrected chi connectivity index (χ0v) is 21.9. The third-order valence-electron chi connectivity index (χ3n) is 5.62. The lowest BCUT2D eigenvalue weighted by molar-refractivity contribution is 0.112. The minimum Gasteiger partial charge on any atom is -0.507 e. The van der Waals surface area contributed by atoms with Crippen molar-refractivity contribution in [2.24, 2.45) is 0 Å². The number of carbonyl (C=O) groups is 1. The Bertz CT molecular complexity index is 1560. The summed E-state index contributed by atoms with van der Waals surface area (Å²) in [6.45, 7) is 1.99. The van der Waals surface area contributed by atoms with Crippen molar-refractivity contribution >= 4 is 67.1 Å². The van der Waals surface area contributed by atoms with Crippen molar-refractivity contribution in [2.75, 3.05) is 0 Å². The molecule has 0 spiro atoms. The fourth-order valence-corrected chi connectivity index (χ4v) is 8.02. The fraction of sp³-hybridized carbons (Fsp3) is 0.111. The van der Waals surface area contributed by atoms with E-state index in [9.17, 15) is 19.8 Å². The van der Waals surface area contributed by atoms with Crippen molar-refractivity contribution in [1.29, 1.82) is 0 Å². The molecule has 0 fully saturated rings. The van der Waals surface area contributed by atoms with Crippen LogP contribution in [0.25, 0.3) is 16.2 Å². The highest BCUT2D eigenvalue weighted by Crippen LogP contribution is 2.45. The molecule has 8 heteroatoms. The number of benzene rings is 3. The third kappa shape index (κ3) is 4.89. The van der Waals surface area contributed by atoms with Crippen LogP contribution in [-0.2, 0) is 6.42 Å². The van der Waals surface area contributed by atoms with E-state index in [-0.39, 0.29) is 16.9 Å². The maximum atomic E-state index is 13.0. The second kappa shape index (κ2) is 10.1. The number of aromatic hydroxyl groups is 2. The van der Waals surface area contributed by atoms with Crippen molar-refractivity contribution in [3.05, 3.63) is 86.4 Å². The van der Waals surface area contributed by atoms with Gasteiger partial charge in [0.25, 0.3) is 0 Å². The summed E-state index contributed by atoms with van der Waals surface area (Å²) in [7, 11) is 2.71. The largest absolute Gasteiger partial charge is 0.507 e. The average Bonchev–Trinajstić information content (AvgIpc) is 2.86. The Balaban J connectivity index is 1.43. The molecule has 1 heterocycles. The van der Waals surface area contributed by atoms with Gasteiger partial charge in [-0.1, -0.05) is 63.7 Å². The first-order chi connectivity index (χ1) is 16.9. The number of hydrogen-bond donors (Lipinski definition) is 2. The smallest absolute Gasteiger partial charge is 0.195 e. The molecule has 0 atom stereocenters. The molecule has 0 radical (unpaired) electrons. The lowest BCUT2D eigenvalue weighted by Gasteiger charge is -2.13. The Kier molecular flexibility index (Phi) is 6.98. The van der Waals surface area contributed by atoms with Gasteiger partial charge in [-0.3, -0.25) is 9.59 Å². The number of aryl methyl sites for hydroxylation is 2. The van der Waals surface area contributed by atoms with E-state index in [1.807, 2.05) is 43.3 Å². The highest BCUT2D eigenvalue weighted by molar-refractivity contribution is 8.76. The molecule has 176 valence electrons. The van der Waals surface area contributed by atoms with Crippen LogP contribution >= 0.6 is 44.7 Å². The van der Waals surface area contributed by atoms with Gasteiger partial charge in [0.05, 0.1) is 9.60 Å². The summed E-state index contributed by atoms with van der Waals surface area (Å²) in [5.74, 6) is 0.126. The number of allylic oxidation sites excluding steroid dienone is 1. The van der Waals surface area contributed by atoms with Crippen LogP contribution in [-0.4, -0.2) is 16.5 Å². The van der Waals surface area contributed by atoms with Gasteiger partial charge in [0.1, 0.15) is 11.5 Å². The van der Waals surface area contributed by atoms with Gasteiger partial charge in [-0.25, -0.2) is 0 Å². The van der Waals surface area contributed by atoms with E-state index in [2.05, 4.69) is 0 Å². The van der Waals surface area contributed by atoms with Gasteiger partial charge in [-0.2, -0.15) is 0 Å². The molecule has 0 amide bonds. The molecule has 4 aromatic rings. The molecular weight excluding hydrogens is 517 g/mol. The Morgan fingerprint density at radius 1 is 1.00 bits per heavy atom. The normalized spacial score (nSPS) is 12.6. The Morgan fingerprint density at radius 3 is 2.51 bits per heavy atom. The molecule has 0 saturated heterocycles. The van der Waals surface area contributed by atoms with Crippen LogP contribution in [0.2, 0.25) is 0 Å². The number of rotatable bonds is 6. The van der Waals surface area contributed by atoms with Crippen LogP contribution in [0.4, 0.5) is 0 Å². The predicted molar refractivity (Wildman–Crippen MR) is 148 cm³/mol.